The van der Waals surface area contributed by atoms with E-state index in [0.29, 0.717) is 52.8 Å². The van der Waals surface area contributed by atoms with Gasteiger partial charge in [-0.15, -0.1) is 0 Å². The number of hydrogen-bond donors (Lipinski definition) is 0. The van der Waals surface area contributed by atoms with Crippen molar-refractivity contribution in [3.63, 3.8) is 0 Å². The molecule has 148 valence electrons. The van der Waals surface area contributed by atoms with Gasteiger partial charge in [0.25, 0.3) is 0 Å². The van der Waals surface area contributed by atoms with Crippen molar-refractivity contribution in [1.82, 2.24) is 4.90 Å². The molecule has 0 aliphatic carbocycles. The van der Waals surface area contributed by atoms with Crippen LogP contribution in [0, 0.1) is 5.92 Å². The van der Waals surface area contributed by atoms with Crippen LogP contribution in [0.15, 0.2) is 0 Å². The van der Waals surface area contributed by atoms with Crippen LogP contribution in [0.25, 0.3) is 0 Å². The first kappa shape index (κ1) is 23.9. The summed E-state index contributed by atoms with van der Waals surface area (Å²) in [7, 11) is 3.20. The molecule has 0 spiro atoms. The summed E-state index contributed by atoms with van der Waals surface area (Å²) in [5.74, 6) is -0.353. The highest BCUT2D eigenvalue weighted by atomic mass is 16.5. The van der Waals surface area contributed by atoms with Crippen molar-refractivity contribution in [2.24, 2.45) is 5.92 Å². The number of nitrogens with zero attached hydrogens (tertiary/aromatic N) is 1. The third kappa shape index (κ3) is 13.9. The van der Waals surface area contributed by atoms with Crippen LogP contribution < -0.4 is 0 Å². The average Bonchev–Trinajstić information content (AvgIpc) is 2.59. The maximum Gasteiger partial charge on any atom is 0.249 e. The summed E-state index contributed by atoms with van der Waals surface area (Å²) in [6.07, 6.45) is 0. The first-order valence-corrected chi connectivity index (χ1v) is 8.54. The van der Waals surface area contributed by atoms with E-state index in [1.807, 2.05) is 13.8 Å². The number of ether oxygens (including phenoxy) is 5. The number of hydrogen-bond acceptors (Lipinski definition) is 7. The van der Waals surface area contributed by atoms with Crippen molar-refractivity contribution in [3.8, 4) is 0 Å². The van der Waals surface area contributed by atoms with Gasteiger partial charge >= 0.3 is 0 Å². The number of amides is 1. The lowest BCUT2D eigenvalue weighted by molar-refractivity contribution is -0.141. The maximum atomic E-state index is 12.3. The third-order valence-electron chi connectivity index (χ3n) is 3.31. The van der Waals surface area contributed by atoms with Crippen LogP contribution in [0.1, 0.15) is 13.8 Å². The zero-order valence-corrected chi connectivity index (χ0v) is 16.0. The van der Waals surface area contributed by atoms with Crippen molar-refractivity contribution in [1.29, 1.82) is 0 Å². The van der Waals surface area contributed by atoms with Gasteiger partial charge in [-0.1, -0.05) is 13.8 Å². The van der Waals surface area contributed by atoms with Gasteiger partial charge in [0.15, 0.2) is 5.78 Å². The Hall–Kier alpha value is -1.06. The predicted molar refractivity (Wildman–Crippen MR) is 92.6 cm³/mol. The molecule has 8 nitrogen and oxygen atoms in total. The average molecular weight is 363 g/mol. The van der Waals surface area contributed by atoms with E-state index < -0.39 is 0 Å². The Labute approximate surface area is 150 Å². The van der Waals surface area contributed by atoms with Gasteiger partial charge in [-0.05, 0) is 0 Å². The summed E-state index contributed by atoms with van der Waals surface area (Å²) >= 11 is 0. The largest absolute Gasteiger partial charge is 0.382 e. The molecule has 0 aromatic rings. The fourth-order valence-electron chi connectivity index (χ4n) is 1.69. The van der Waals surface area contributed by atoms with E-state index in [2.05, 4.69) is 0 Å². The Morgan fingerprint density at radius 1 is 0.800 bits per heavy atom. The molecule has 0 saturated heterocycles. The number of carbonyl (C=O) groups is 2. The highest BCUT2D eigenvalue weighted by Crippen LogP contribution is 2.00. The zero-order chi connectivity index (χ0) is 18.9. The van der Waals surface area contributed by atoms with E-state index in [9.17, 15) is 9.59 Å². The molecule has 0 aliphatic heterocycles. The second kappa shape index (κ2) is 16.4. The van der Waals surface area contributed by atoms with Gasteiger partial charge < -0.3 is 28.6 Å². The van der Waals surface area contributed by atoms with Crippen LogP contribution in [0.4, 0.5) is 0 Å². The molecule has 0 unspecified atom stereocenters. The lowest BCUT2D eigenvalue weighted by Gasteiger charge is -2.23. The minimum Gasteiger partial charge on any atom is -0.382 e. The van der Waals surface area contributed by atoms with Gasteiger partial charge in [0.1, 0.15) is 6.61 Å². The molecule has 0 saturated carbocycles. The van der Waals surface area contributed by atoms with Gasteiger partial charge in [0.2, 0.25) is 5.91 Å². The Morgan fingerprint density at radius 3 is 1.88 bits per heavy atom. The first-order valence-electron chi connectivity index (χ1n) is 8.54. The quantitative estimate of drug-likeness (QED) is 0.346. The summed E-state index contributed by atoms with van der Waals surface area (Å²) in [6.45, 7) is 6.95. The Morgan fingerprint density at radius 2 is 1.32 bits per heavy atom. The summed E-state index contributed by atoms with van der Waals surface area (Å²) in [5.41, 5.74) is 0. The minimum absolute atomic E-state index is 0.00754. The van der Waals surface area contributed by atoms with Gasteiger partial charge in [0, 0.05) is 26.7 Å². The number of carbonyl (C=O) groups excluding carboxylic acids is 2. The molecular weight excluding hydrogens is 330 g/mol. The lowest BCUT2D eigenvalue weighted by atomic mass is 10.1. The number of methoxy groups -OCH3 is 2. The third-order valence-corrected chi connectivity index (χ3v) is 3.31. The van der Waals surface area contributed by atoms with E-state index >= 15 is 0 Å². The molecule has 0 aromatic heterocycles. The van der Waals surface area contributed by atoms with Gasteiger partial charge in [-0.3, -0.25) is 9.59 Å². The van der Waals surface area contributed by atoms with Gasteiger partial charge in [-0.25, -0.2) is 0 Å². The Bertz CT molecular complexity index is 350. The molecule has 1 amide bonds. The van der Waals surface area contributed by atoms with E-state index in [-0.39, 0.29) is 30.8 Å². The smallest absolute Gasteiger partial charge is 0.249 e. The number of rotatable bonds is 17. The van der Waals surface area contributed by atoms with Crippen LogP contribution in [0.5, 0.6) is 0 Å². The highest BCUT2D eigenvalue weighted by Gasteiger charge is 2.18. The molecule has 0 fully saturated rings. The van der Waals surface area contributed by atoms with Crippen LogP contribution >= 0.6 is 0 Å². The van der Waals surface area contributed by atoms with Crippen LogP contribution in [0.2, 0.25) is 0 Å². The topological polar surface area (TPSA) is 83.5 Å². The Kier molecular flexibility index (Phi) is 15.7. The molecule has 25 heavy (non-hydrogen) atoms. The van der Waals surface area contributed by atoms with Crippen LogP contribution in [-0.4, -0.2) is 96.8 Å². The standard InChI is InChI=1S/C17H33NO7/c1-15(2)16(19)13-18(5-6-23-9-7-21-3)17(20)14-25-12-11-24-10-8-22-4/h15H,5-14H2,1-4H3. The fourth-order valence-corrected chi connectivity index (χ4v) is 1.69. The zero-order valence-electron chi connectivity index (χ0n) is 16.0. The Balaban J connectivity index is 4.14. The van der Waals surface area contributed by atoms with E-state index in [4.69, 9.17) is 23.7 Å². The second-order valence-electron chi connectivity index (χ2n) is 5.70. The van der Waals surface area contributed by atoms with Crippen molar-refractivity contribution in [3.05, 3.63) is 0 Å². The van der Waals surface area contributed by atoms with E-state index in [1.165, 1.54) is 4.90 Å². The minimum atomic E-state index is -0.235. The van der Waals surface area contributed by atoms with Crippen molar-refractivity contribution in [2.45, 2.75) is 13.8 Å². The summed E-state index contributed by atoms with van der Waals surface area (Å²) in [6, 6.07) is 0. The molecule has 0 radical (unpaired) electrons. The molecule has 0 heterocycles. The molecule has 0 aliphatic rings. The maximum absolute atomic E-state index is 12.3. The molecule has 0 bridgehead atoms. The monoisotopic (exact) mass is 363 g/mol. The summed E-state index contributed by atoms with van der Waals surface area (Å²) in [5, 5.41) is 0. The second-order valence-corrected chi connectivity index (χ2v) is 5.70. The van der Waals surface area contributed by atoms with Crippen LogP contribution in [-0.2, 0) is 33.3 Å². The summed E-state index contributed by atoms with van der Waals surface area (Å²) < 4.78 is 25.7. The van der Waals surface area contributed by atoms with Crippen molar-refractivity contribution >= 4 is 11.7 Å². The molecule has 0 atom stereocenters. The van der Waals surface area contributed by atoms with Crippen LogP contribution in [0.3, 0.4) is 0 Å². The van der Waals surface area contributed by atoms with E-state index in [1.54, 1.807) is 14.2 Å². The molecule has 8 heteroatoms. The fraction of sp³-hybridized carbons (Fsp3) is 0.882. The number of Topliss-reactive ketones (excluding diaryl/α,β-unsaturated/α-hetero) is 1. The molecule has 0 aromatic carbocycles. The summed E-state index contributed by atoms with van der Waals surface area (Å²) in [4.78, 5) is 25.7. The van der Waals surface area contributed by atoms with Crippen molar-refractivity contribution in [2.75, 3.05) is 80.2 Å². The molecule has 0 N–H and O–H groups in total. The number of ketones is 1. The lowest BCUT2D eigenvalue weighted by Crippen LogP contribution is -2.41. The van der Waals surface area contributed by atoms with Crippen molar-refractivity contribution < 1.29 is 33.3 Å². The van der Waals surface area contributed by atoms with E-state index in [0.717, 1.165) is 0 Å². The molecule has 0 rings (SSSR count). The highest BCUT2D eigenvalue weighted by molar-refractivity contribution is 5.87. The normalized spacial score (nSPS) is 11.1. The first-order chi connectivity index (χ1) is 12.0. The predicted octanol–water partition coefficient (Wildman–Crippen LogP) is 0.383. The molecular formula is C17H33NO7. The van der Waals surface area contributed by atoms with Gasteiger partial charge in [0.05, 0.1) is 52.8 Å². The van der Waals surface area contributed by atoms with Gasteiger partial charge in [-0.2, -0.15) is 0 Å². The SMILES string of the molecule is COCCOCCOCC(=O)N(CCOCCOC)CC(=O)C(C)C.